The lowest BCUT2D eigenvalue weighted by molar-refractivity contribution is 0.405. The molecular formula is C17H24ClN5. The van der Waals surface area contributed by atoms with Crippen LogP contribution in [0.25, 0.3) is 0 Å². The Balaban J connectivity index is 1.90. The molecule has 0 aliphatic heterocycles. The number of hydrogen-bond donors (Lipinski definition) is 2. The summed E-state index contributed by atoms with van der Waals surface area (Å²) in [5.74, 6) is 1.49. The van der Waals surface area contributed by atoms with Gasteiger partial charge in [0.2, 0.25) is 5.95 Å². The SMILES string of the molecule is Cc1cc(NCc2ccc(Cl)cc2)nc(NCCCN(C)C)n1. The Morgan fingerprint density at radius 3 is 2.52 bits per heavy atom. The monoisotopic (exact) mass is 333 g/mol. The fraction of sp³-hybridized carbons (Fsp3) is 0.412. The Kier molecular flexibility index (Phi) is 6.62. The molecule has 2 aromatic rings. The Hall–Kier alpha value is -1.85. The highest BCUT2D eigenvalue weighted by Crippen LogP contribution is 2.13. The smallest absolute Gasteiger partial charge is 0.224 e. The zero-order valence-electron chi connectivity index (χ0n) is 13.9. The van der Waals surface area contributed by atoms with E-state index in [1.807, 2.05) is 37.3 Å². The van der Waals surface area contributed by atoms with E-state index < -0.39 is 0 Å². The van der Waals surface area contributed by atoms with Gasteiger partial charge in [0.05, 0.1) is 0 Å². The van der Waals surface area contributed by atoms with Crippen LogP contribution >= 0.6 is 11.6 Å². The molecule has 0 fully saturated rings. The fourth-order valence-corrected chi connectivity index (χ4v) is 2.25. The van der Waals surface area contributed by atoms with Gasteiger partial charge in [-0.2, -0.15) is 4.98 Å². The molecule has 0 saturated carbocycles. The molecule has 0 bridgehead atoms. The van der Waals surface area contributed by atoms with Crippen LogP contribution in [-0.2, 0) is 6.54 Å². The molecule has 6 heteroatoms. The van der Waals surface area contributed by atoms with Gasteiger partial charge in [0.25, 0.3) is 0 Å². The van der Waals surface area contributed by atoms with E-state index >= 15 is 0 Å². The van der Waals surface area contributed by atoms with Crippen LogP contribution in [0.3, 0.4) is 0 Å². The number of aromatic nitrogens is 2. The van der Waals surface area contributed by atoms with Crippen molar-refractivity contribution in [1.29, 1.82) is 0 Å². The summed E-state index contributed by atoms with van der Waals surface area (Å²) >= 11 is 5.90. The van der Waals surface area contributed by atoms with Crippen LogP contribution in [0.2, 0.25) is 5.02 Å². The first-order valence-corrected chi connectivity index (χ1v) is 8.13. The van der Waals surface area contributed by atoms with Gasteiger partial charge in [-0.25, -0.2) is 4.98 Å². The van der Waals surface area contributed by atoms with E-state index in [1.54, 1.807) is 0 Å². The molecular weight excluding hydrogens is 310 g/mol. The van der Waals surface area contributed by atoms with Crippen LogP contribution < -0.4 is 10.6 Å². The lowest BCUT2D eigenvalue weighted by Gasteiger charge is -2.12. The first-order chi connectivity index (χ1) is 11.0. The predicted molar refractivity (Wildman–Crippen MR) is 97.2 cm³/mol. The Morgan fingerprint density at radius 1 is 1.09 bits per heavy atom. The summed E-state index contributed by atoms with van der Waals surface area (Å²) in [7, 11) is 4.14. The minimum absolute atomic E-state index is 0.669. The Bertz CT molecular complexity index is 613. The topological polar surface area (TPSA) is 53.1 Å². The predicted octanol–water partition coefficient (Wildman–Crippen LogP) is 3.41. The van der Waals surface area contributed by atoms with Crippen molar-refractivity contribution in [3.8, 4) is 0 Å². The number of aryl methyl sites for hydroxylation is 1. The second-order valence-corrected chi connectivity index (χ2v) is 6.22. The van der Waals surface area contributed by atoms with E-state index in [2.05, 4.69) is 39.6 Å². The molecule has 0 unspecified atom stereocenters. The molecule has 23 heavy (non-hydrogen) atoms. The molecule has 124 valence electrons. The Morgan fingerprint density at radius 2 is 1.83 bits per heavy atom. The van der Waals surface area contributed by atoms with Crippen molar-refractivity contribution < 1.29 is 0 Å². The van der Waals surface area contributed by atoms with Crippen molar-refractivity contribution in [3.05, 3.63) is 46.6 Å². The highest BCUT2D eigenvalue weighted by molar-refractivity contribution is 6.30. The number of hydrogen-bond acceptors (Lipinski definition) is 5. The third kappa shape index (κ3) is 6.42. The van der Waals surface area contributed by atoms with Crippen LogP contribution in [0.5, 0.6) is 0 Å². The third-order valence-corrected chi connectivity index (χ3v) is 3.56. The van der Waals surface area contributed by atoms with Gasteiger partial charge in [-0.1, -0.05) is 23.7 Å². The molecule has 0 aliphatic carbocycles. The number of nitrogens with one attached hydrogen (secondary N) is 2. The quantitative estimate of drug-likeness (QED) is 0.725. The lowest BCUT2D eigenvalue weighted by Crippen LogP contribution is -2.17. The van der Waals surface area contributed by atoms with Crippen molar-refractivity contribution >= 4 is 23.4 Å². The van der Waals surface area contributed by atoms with Crippen LogP contribution in [0.4, 0.5) is 11.8 Å². The molecule has 1 heterocycles. The maximum absolute atomic E-state index is 5.90. The van der Waals surface area contributed by atoms with Gasteiger partial charge < -0.3 is 15.5 Å². The summed E-state index contributed by atoms with van der Waals surface area (Å²) in [6.07, 6.45) is 1.05. The summed E-state index contributed by atoms with van der Waals surface area (Å²) in [4.78, 5) is 11.1. The maximum atomic E-state index is 5.90. The van der Waals surface area contributed by atoms with Gasteiger partial charge in [-0.15, -0.1) is 0 Å². The number of nitrogens with zero attached hydrogens (tertiary/aromatic N) is 3. The van der Waals surface area contributed by atoms with Crippen LogP contribution in [0.15, 0.2) is 30.3 Å². The first kappa shape index (κ1) is 17.5. The van der Waals surface area contributed by atoms with Gasteiger partial charge in [0.1, 0.15) is 5.82 Å². The Labute approximate surface area is 143 Å². The molecule has 0 saturated heterocycles. The minimum Gasteiger partial charge on any atom is -0.366 e. The third-order valence-electron chi connectivity index (χ3n) is 3.31. The number of rotatable bonds is 8. The van der Waals surface area contributed by atoms with Crippen molar-refractivity contribution in [2.45, 2.75) is 19.9 Å². The average molecular weight is 334 g/mol. The lowest BCUT2D eigenvalue weighted by atomic mass is 10.2. The normalized spacial score (nSPS) is 10.8. The molecule has 2 rings (SSSR count). The molecule has 2 N–H and O–H groups in total. The van der Waals surface area contributed by atoms with Crippen LogP contribution in [-0.4, -0.2) is 42.1 Å². The number of halogens is 1. The summed E-state index contributed by atoms with van der Waals surface area (Å²) in [5.41, 5.74) is 2.10. The van der Waals surface area contributed by atoms with Crippen molar-refractivity contribution in [3.63, 3.8) is 0 Å². The molecule has 1 aromatic carbocycles. The minimum atomic E-state index is 0.669. The summed E-state index contributed by atoms with van der Waals surface area (Å²) < 4.78 is 0. The summed E-state index contributed by atoms with van der Waals surface area (Å²) in [6, 6.07) is 9.73. The van der Waals surface area contributed by atoms with E-state index in [-0.39, 0.29) is 0 Å². The second-order valence-electron chi connectivity index (χ2n) is 5.78. The highest BCUT2D eigenvalue weighted by atomic mass is 35.5. The first-order valence-electron chi connectivity index (χ1n) is 7.75. The van der Waals surface area contributed by atoms with E-state index in [1.165, 1.54) is 0 Å². The zero-order chi connectivity index (χ0) is 16.7. The number of benzene rings is 1. The van der Waals surface area contributed by atoms with Crippen molar-refractivity contribution in [2.75, 3.05) is 37.8 Å². The molecule has 0 radical (unpaired) electrons. The molecule has 0 atom stereocenters. The molecule has 0 aliphatic rings. The fourth-order valence-electron chi connectivity index (χ4n) is 2.13. The zero-order valence-corrected chi connectivity index (χ0v) is 14.7. The van der Waals surface area contributed by atoms with Gasteiger partial charge in [-0.05, 0) is 51.7 Å². The molecule has 0 spiro atoms. The molecule has 0 amide bonds. The maximum Gasteiger partial charge on any atom is 0.224 e. The van der Waals surface area contributed by atoms with Crippen molar-refractivity contribution in [2.24, 2.45) is 0 Å². The summed E-state index contributed by atoms with van der Waals surface area (Å²) in [5, 5.41) is 7.35. The van der Waals surface area contributed by atoms with Gasteiger partial charge in [0.15, 0.2) is 0 Å². The van der Waals surface area contributed by atoms with E-state index in [4.69, 9.17) is 11.6 Å². The van der Waals surface area contributed by atoms with Crippen LogP contribution in [0, 0.1) is 6.92 Å². The largest absolute Gasteiger partial charge is 0.366 e. The highest BCUT2D eigenvalue weighted by Gasteiger charge is 2.02. The summed E-state index contributed by atoms with van der Waals surface area (Å²) in [6.45, 7) is 4.58. The van der Waals surface area contributed by atoms with Gasteiger partial charge in [0, 0.05) is 29.9 Å². The van der Waals surface area contributed by atoms with Crippen LogP contribution in [0.1, 0.15) is 17.7 Å². The van der Waals surface area contributed by atoms with Gasteiger partial charge in [-0.3, -0.25) is 0 Å². The van der Waals surface area contributed by atoms with E-state index in [9.17, 15) is 0 Å². The number of anilines is 2. The van der Waals surface area contributed by atoms with E-state index in [0.29, 0.717) is 12.5 Å². The standard InChI is InChI=1S/C17H24ClN5/c1-13-11-16(20-12-14-5-7-15(18)8-6-14)22-17(21-13)19-9-4-10-23(2)3/h5-8,11H,4,9-10,12H2,1-3H3,(H2,19,20,21,22). The average Bonchev–Trinajstić information content (AvgIpc) is 2.50. The molecule has 5 nitrogen and oxygen atoms in total. The molecule has 1 aromatic heterocycles. The van der Waals surface area contributed by atoms with E-state index in [0.717, 1.165) is 41.6 Å². The van der Waals surface area contributed by atoms with Gasteiger partial charge >= 0.3 is 0 Å². The van der Waals surface area contributed by atoms with Crippen molar-refractivity contribution in [1.82, 2.24) is 14.9 Å². The second kappa shape index (κ2) is 8.70.